The van der Waals surface area contributed by atoms with E-state index in [2.05, 4.69) is 53.9 Å². The monoisotopic (exact) mass is 365 g/mol. The summed E-state index contributed by atoms with van der Waals surface area (Å²) in [6.45, 7) is 0. The van der Waals surface area contributed by atoms with E-state index in [0.29, 0.717) is 30.7 Å². The summed E-state index contributed by atoms with van der Waals surface area (Å²) in [5.41, 5.74) is 1.70. The standard InChI is InChI=1S/C17H17N9.H2O/c1-19-14-22-15(24-16(23-14)26-11-20-10-21-26)25-17(9-18)7-6-12-4-2-3-5-13(12)8-17;/h2-5,10-11H,6-8H2,1H3,(H2,19,22,23,24,25);1H2. The number of benzene rings is 1. The average molecular weight is 365 g/mol. The highest BCUT2D eigenvalue weighted by molar-refractivity contribution is 5.45. The maximum absolute atomic E-state index is 9.88. The molecule has 10 heteroatoms. The maximum atomic E-state index is 9.88. The minimum absolute atomic E-state index is 0. The Balaban J connectivity index is 0.00000210. The van der Waals surface area contributed by atoms with Gasteiger partial charge in [-0.05, 0) is 24.0 Å². The lowest BCUT2D eigenvalue weighted by Crippen LogP contribution is -2.43. The van der Waals surface area contributed by atoms with E-state index >= 15 is 0 Å². The van der Waals surface area contributed by atoms with E-state index in [1.807, 2.05) is 12.1 Å². The Hall–Kier alpha value is -3.58. The number of hydrogen-bond acceptors (Lipinski definition) is 8. The van der Waals surface area contributed by atoms with Crippen molar-refractivity contribution in [3.63, 3.8) is 0 Å². The molecule has 0 fully saturated rings. The number of nitrogens with one attached hydrogen (secondary N) is 2. The van der Waals surface area contributed by atoms with Gasteiger partial charge in [0.05, 0.1) is 6.07 Å². The minimum Gasteiger partial charge on any atom is -0.412 e. The number of fused-ring (bicyclic) bond motifs is 1. The molecule has 1 aliphatic rings. The molecule has 0 spiro atoms. The van der Waals surface area contributed by atoms with Gasteiger partial charge in [0.1, 0.15) is 18.2 Å². The molecule has 4 N–H and O–H groups in total. The van der Waals surface area contributed by atoms with Crippen LogP contribution in [-0.2, 0) is 12.8 Å². The summed E-state index contributed by atoms with van der Waals surface area (Å²) in [6, 6.07) is 10.6. The number of rotatable bonds is 4. The molecule has 0 amide bonds. The fraction of sp³-hybridized carbons (Fsp3) is 0.294. The van der Waals surface area contributed by atoms with Crippen molar-refractivity contribution in [2.45, 2.75) is 24.8 Å². The SMILES string of the molecule is CNc1nc(NC2(C#N)CCc3ccccc3C2)nc(-n2cncn2)n1.O. The van der Waals surface area contributed by atoms with Gasteiger partial charge >= 0.3 is 0 Å². The molecule has 27 heavy (non-hydrogen) atoms. The zero-order valence-corrected chi connectivity index (χ0v) is 14.7. The molecule has 3 aromatic rings. The first kappa shape index (κ1) is 18.2. The maximum Gasteiger partial charge on any atom is 0.258 e. The molecule has 1 aliphatic carbocycles. The molecule has 4 rings (SSSR count). The van der Waals surface area contributed by atoms with Crippen molar-refractivity contribution in [1.82, 2.24) is 29.7 Å². The molecule has 0 aliphatic heterocycles. The van der Waals surface area contributed by atoms with Crippen molar-refractivity contribution in [2.24, 2.45) is 0 Å². The highest BCUT2D eigenvalue weighted by atomic mass is 16.0. The lowest BCUT2D eigenvalue weighted by molar-refractivity contribution is 0.502. The Morgan fingerprint density at radius 1 is 1.15 bits per heavy atom. The number of anilines is 2. The normalized spacial score (nSPS) is 17.9. The van der Waals surface area contributed by atoms with Gasteiger partial charge < -0.3 is 16.1 Å². The number of aryl methyl sites for hydroxylation is 1. The van der Waals surface area contributed by atoms with Crippen LogP contribution in [0, 0.1) is 11.3 Å². The third-order valence-corrected chi connectivity index (χ3v) is 4.47. The van der Waals surface area contributed by atoms with Gasteiger partial charge in [0, 0.05) is 13.5 Å². The van der Waals surface area contributed by atoms with Gasteiger partial charge in [-0.15, -0.1) is 0 Å². The van der Waals surface area contributed by atoms with Crippen LogP contribution in [0.5, 0.6) is 0 Å². The van der Waals surface area contributed by atoms with Gasteiger partial charge in [0.25, 0.3) is 5.95 Å². The summed E-state index contributed by atoms with van der Waals surface area (Å²) < 4.78 is 1.45. The summed E-state index contributed by atoms with van der Waals surface area (Å²) in [7, 11) is 1.72. The van der Waals surface area contributed by atoms with E-state index in [9.17, 15) is 5.26 Å². The Bertz CT molecular complexity index is 967. The Kier molecular flexibility index (Phi) is 4.96. The number of nitrogens with zero attached hydrogens (tertiary/aromatic N) is 7. The van der Waals surface area contributed by atoms with Crippen LogP contribution in [0.2, 0.25) is 0 Å². The third-order valence-electron chi connectivity index (χ3n) is 4.47. The second-order valence-electron chi connectivity index (χ2n) is 6.14. The molecule has 0 radical (unpaired) electrons. The second kappa shape index (κ2) is 7.35. The van der Waals surface area contributed by atoms with Crippen molar-refractivity contribution in [1.29, 1.82) is 5.26 Å². The highest BCUT2D eigenvalue weighted by Crippen LogP contribution is 2.30. The van der Waals surface area contributed by atoms with Crippen molar-refractivity contribution in [3.8, 4) is 12.0 Å². The fourth-order valence-electron chi connectivity index (χ4n) is 3.13. The first-order valence-corrected chi connectivity index (χ1v) is 8.26. The van der Waals surface area contributed by atoms with E-state index in [4.69, 9.17) is 0 Å². The molecule has 2 heterocycles. The van der Waals surface area contributed by atoms with Crippen LogP contribution >= 0.6 is 0 Å². The molecule has 2 aromatic heterocycles. The minimum atomic E-state index is -0.764. The second-order valence-corrected chi connectivity index (χ2v) is 6.14. The van der Waals surface area contributed by atoms with Crippen LogP contribution in [0.4, 0.5) is 11.9 Å². The number of nitriles is 1. The van der Waals surface area contributed by atoms with Crippen molar-refractivity contribution >= 4 is 11.9 Å². The number of hydrogen-bond donors (Lipinski definition) is 2. The van der Waals surface area contributed by atoms with E-state index < -0.39 is 5.54 Å². The van der Waals surface area contributed by atoms with Gasteiger partial charge in [0.15, 0.2) is 0 Å². The fourth-order valence-corrected chi connectivity index (χ4v) is 3.13. The molecule has 0 saturated carbocycles. The van der Waals surface area contributed by atoms with Crippen molar-refractivity contribution < 1.29 is 5.48 Å². The lowest BCUT2D eigenvalue weighted by Gasteiger charge is -2.33. The van der Waals surface area contributed by atoms with E-state index in [-0.39, 0.29) is 5.48 Å². The van der Waals surface area contributed by atoms with Crippen LogP contribution in [0.15, 0.2) is 36.9 Å². The van der Waals surface area contributed by atoms with Crippen molar-refractivity contribution in [2.75, 3.05) is 17.7 Å². The van der Waals surface area contributed by atoms with Gasteiger partial charge in [0.2, 0.25) is 11.9 Å². The smallest absolute Gasteiger partial charge is 0.258 e. The topological polar surface area (TPSA) is 149 Å². The highest BCUT2D eigenvalue weighted by Gasteiger charge is 2.35. The average Bonchev–Trinajstić information content (AvgIpc) is 3.22. The zero-order valence-electron chi connectivity index (χ0n) is 14.7. The van der Waals surface area contributed by atoms with Gasteiger partial charge in [-0.3, -0.25) is 0 Å². The third kappa shape index (κ3) is 3.54. The van der Waals surface area contributed by atoms with Crippen LogP contribution in [0.25, 0.3) is 5.95 Å². The summed E-state index contributed by atoms with van der Waals surface area (Å²) in [5, 5.41) is 20.1. The molecule has 10 nitrogen and oxygen atoms in total. The summed E-state index contributed by atoms with van der Waals surface area (Å²) in [4.78, 5) is 16.9. The molecule has 1 aromatic carbocycles. The first-order chi connectivity index (χ1) is 12.7. The summed E-state index contributed by atoms with van der Waals surface area (Å²) in [6.07, 6.45) is 5.02. The van der Waals surface area contributed by atoms with Gasteiger partial charge in [-0.1, -0.05) is 24.3 Å². The molecule has 1 atom stereocenters. The van der Waals surface area contributed by atoms with E-state index in [1.54, 1.807) is 7.05 Å². The summed E-state index contributed by atoms with van der Waals surface area (Å²) in [5.74, 6) is 1.04. The number of aromatic nitrogens is 6. The molecule has 0 bridgehead atoms. The van der Waals surface area contributed by atoms with E-state index in [0.717, 1.165) is 6.42 Å². The van der Waals surface area contributed by atoms with Gasteiger partial charge in [-0.2, -0.15) is 30.0 Å². The zero-order chi connectivity index (χ0) is 18.0. The molecule has 0 saturated heterocycles. The van der Waals surface area contributed by atoms with Crippen LogP contribution in [0.3, 0.4) is 0 Å². The Labute approximate surface area is 155 Å². The summed E-state index contributed by atoms with van der Waals surface area (Å²) >= 11 is 0. The van der Waals surface area contributed by atoms with Crippen LogP contribution in [0.1, 0.15) is 17.5 Å². The largest absolute Gasteiger partial charge is 0.412 e. The molecular weight excluding hydrogens is 346 g/mol. The lowest BCUT2D eigenvalue weighted by atomic mass is 9.79. The predicted octanol–water partition coefficient (Wildman–Crippen LogP) is 0.532. The predicted molar refractivity (Wildman–Crippen MR) is 98.3 cm³/mol. The quantitative estimate of drug-likeness (QED) is 0.680. The Morgan fingerprint density at radius 2 is 1.93 bits per heavy atom. The van der Waals surface area contributed by atoms with Gasteiger partial charge in [-0.25, -0.2) is 4.98 Å². The Morgan fingerprint density at radius 3 is 2.63 bits per heavy atom. The van der Waals surface area contributed by atoms with E-state index in [1.165, 1.54) is 28.5 Å². The molecular formula is C17H19N9O. The first-order valence-electron chi connectivity index (χ1n) is 8.26. The van der Waals surface area contributed by atoms with Crippen LogP contribution < -0.4 is 10.6 Å². The van der Waals surface area contributed by atoms with Crippen LogP contribution in [-0.4, -0.2) is 47.8 Å². The molecule has 138 valence electrons. The molecule has 1 unspecified atom stereocenters. The van der Waals surface area contributed by atoms with Crippen molar-refractivity contribution in [3.05, 3.63) is 48.0 Å².